The van der Waals surface area contributed by atoms with Crippen LogP contribution in [0.15, 0.2) is 0 Å². The first-order valence-corrected chi connectivity index (χ1v) is 4.79. The standard InChI is InChI=1S/C7H11NO6S/c1-7(5(11)12,6(13)14)15-2-3(8)4(9)10/h3H,2,8H2,1H3,(H,9,10)(H,11,12)(H,13,14). The SMILES string of the molecule is CC(SCC(N)C(=O)O)(C(=O)O)C(=O)O. The van der Waals surface area contributed by atoms with Crippen molar-refractivity contribution in [3.63, 3.8) is 0 Å². The summed E-state index contributed by atoms with van der Waals surface area (Å²) < 4.78 is -2.08. The third-order valence-corrected chi connectivity index (χ3v) is 3.14. The van der Waals surface area contributed by atoms with Gasteiger partial charge in [0, 0.05) is 5.75 Å². The summed E-state index contributed by atoms with van der Waals surface area (Å²) in [5.74, 6) is -4.68. The molecule has 0 aromatic heterocycles. The Labute approximate surface area is 89.3 Å². The van der Waals surface area contributed by atoms with Gasteiger partial charge in [-0.15, -0.1) is 11.8 Å². The largest absolute Gasteiger partial charge is 0.480 e. The molecule has 0 aliphatic carbocycles. The molecular formula is C7H11NO6S. The fraction of sp³-hybridized carbons (Fsp3) is 0.571. The van der Waals surface area contributed by atoms with Crippen molar-refractivity contribution in [3.05, 3.63) is 0 Å². The normalized spacial score (nSPS) is 13.2. The lowest BCUT2D eigenvalue weighted by atomic mass is 10.2. The zero-order valence-corrected chi connectivity index (χ0v) is 8.65. The number of carboxylic acids is 3. The number of carboxylic acid groups (broad SMARTS) is 3. The Morgan fingerprint density at radius 3 is 1.93 bits per heavy atom. The molecule has 0 amide bonds. The highest BCUT2D eigenvalue weighted by Gasteiger charge is 2.42. The summed E-state index contributed by atoms with van der Waals surface area (Å²) in [7, 11) is 0. The Balaban J connectivity index is 4.53. The van der Waals surface area contributed by atoms with E-state index in [2.05, 4.69) is 0 Å². The van der Waals surface area contributed by atoms with E-state index in [0.717, 1.165) is 6.92 Å². The molecule has 0 aromatic carbocycles. The second-order valence-electron chi connectivity index (χ2n) is 2.90. The summed E-state index contributed by atoms with van der Waals surface area (Å²) in [5.41, 5.74) is 5.12. The Morgan fingerprint density at radius 1 is 1.27 bits per heavy atom. The first-order chi connectivity index (χ1) is 6.71. The van der Waals surface area contributed by atoms with Crippen LogP contribution in [-0.4, -0.2) is 49.8 Å². The Morgan fingerprint density at radius 2 is 1.67 bits per heavy atom. The van der Waals surface area contributed by atoms with Gasteiger partial charge in [-0.2, -0.15) is 0 Å². The van der Waals surface area contributed by atoms with Crippen LogP contribution >= 0.6 is 11.8 Å². The van der Waals surface area contributed by atoms with Crippen LogP contribution in [0.2, 0.25) is 0 Å². The first-order valence-electron chi connectivity index (χ1n) is 3.81. The lowest BCUT2D eigenvalue weighted by Gasteiger charge is -2.19. The van der Waals surface area contributed by atoms with Gasteiger partial charge in [0.2, 0.25) is 4.75 Å². The van der Waals surface area contributed by atoms with Gasteiger partial charge in [-0.1, -0.05) is 0 Å². The van der Waals surface area contributed by atoms with Gasteiger partial charge < -0.3 is 21.1 Å². The molecule has 0 saturated heterocycles. The topological polar surface area (TPSA) is 138 Å². The highest BCUT2D eigenvalue weighted by molar-refractivity contribution is 8.02. The van der Waals surface area contributed by atoms with Crippen molar-refractivity contribution in [3.8, 4) is 0 Å². The molecular weight excluding hydrogens is 226 g/mol. The molecule has 15 heavy (non-hydrogen) atoms. The van der Waals surface area contributed by atoms with E-state index < -0.39 is 28.7 Å². The molecule has 0 radical (unpaired) electrons. The summed E-state index contributed by atoms with van der Waals surface area (Å²) in [4.78, 5) is 31.6. The van der Waals surface area contributed by atoms with E-state index in [1.54, 1.807) is 0 Å². The van der Waals surface area contributed by atoms with Crippen molar-refractivity contribution in [2.24, 2.45) is 5.73 Å². The number of rotatable bonds is 6. The molecule has 0 rings (SSSR count). The third-order valence-electron chi connectivity index (χ3n) is 1.68. The maximum atomic E-state index is 10.7. The second-order valence-corrected chi connectivity index (χ2v) is 4.34. The van der Waals surface area contributed by atoms with Gasteiger partial charge in [0.05, 0.1) is 0 Å². The quantitative estimate of drug-likeness (QED) is 0.434. The van der Waals surface area contributed by atoms with Gasteiger partial charge in [-0.05, 0) is 6.92 Å². The Kier molecular flexibility index (Phi) is 4.56. The fourth-order valence-corrected chi connectivity index (χ4v) is 1.45. The average Bonchev–Trinajstić information content (AvgIpc) is 2.12. The number of nitrogens with two attached hydrogens (primary N) is 1. The molecule has 0 heterocycles. The van der Waals surface area contributed by atoms with Gasteiger partial charge in [-0.25, -0.2) is 0 Å². The highest BCUT2D eigenvalue weighted by Crippen LogP contribution is 2.26. The number of aliphatic carboxylic acids is 3. The van der Waals surface area contributed by atoms with Crippen molar-refractivity contribution < 1.29 is 29.7 Å². The van der Waals surface area contributed by atoms with Crippen LogP contribution in [-0.2, 0) is 14.4 Å². The summed E-state index contributed by atoms with van der Waals surface area (Å²) in [6, 6.07) is -1.28. The number of hydrogen-bond acceptors (Lipinski definition) is 5. The van der Waals surface area contributed by atoms with E-state index in [1.165, 1.54) is 0 Å². The van der Waals surface area contributed by atoms with Crippen LogP contribution in [0.5, 0.6) is 0 Å². The second kappa shape index (κ2) is 4.99. The summed E-state index contributed by atoms with van der Waals surface area (Å²) >= 11 is 0.472. The minimum Gasteiger partial charge on any atom is -0.480 e. The highest BCUT2D eigenvalue weighted by atomic mass is 32.2. The summed E-state index contributed by atoms with van der Waals surface area (Å²) in [6.45, 7) is 0.983. The number of thioether (sulfide) groups is 1. The molecule has 5 N–H and O–H groups in total. The van der Waals surface area contributed by atoms with Crippen molar-refractivity contribution in [2.45, 2.75) is 17.7 Å². The van der Waals surface area contributed by atoms with Gasteiger partial charge in [-0.3, -0.25) is 14.4 Å². The zero-order valence-electron chi connectivity index (χ0n) is 7.84. The van der Waals surface area contributed by atoms with Crippen molar-refractivity contribution in [1.82, 2.24) is 0 Å². The zero-order chi connectivity index (χ0) is 12.2. The van der Waals surface area contributed by atoms with Crippen LogP contribution in [0.3, 0.4) is 0 Å². The maximum Gasteiger partial charge on any atom is 0.331 e. The molecule has 8 heteroatoms. The van der Waals surface area contributed by atoms with Gasteiger partial charge in [0.15, 0.2) is 0 Å². The van der Waals surface area contributed by atoms with Crippen molar-refractivity contribution >= 4 is 29.7 Å². The van der Waals surface area contributed by atoms with Crippen LogP contribution in [0.1, 0.15) is 6.92 Å². The monoisotopic (exact) mass is 237 g/mol. The van der Waals surface area contributed by atoms with Crippen molar-refractivity contribution in [1.29, 1.82) is 0 Å². The average molecular weight is 237 g/mol. The minimum absolute atomic E-state index is 0.287. The third kappa shape index (κ3) is 3.40. The molecule has 7 nitrogen and oxygen atoms in total. The lowest BCUT2D eigenvalue weighted by Crippen LogP contribution is -2.43. The van der Waals surface area contributed by atoms with E-state index in [9.17, 15) is 14.4 Å². The van der Waals surface area contributed by atoms with Gasteiger partial charge in [0.25, 0.3) is 0 Å². The molecule has 0 spiro atoms. The molecule has 0 saturated carbocycles. The van der Waals surface area contributed by atoms with Crippen LogP contribution in [0.4, 0.5) is 0 Å². The molecule has 1 atom stereocenters. The van der Waals surface area contributed by atoms with E-state index >= 15 is 0 Å². The van der Waals surface area contributed by atoms with E-state index in [0.29, 0.717) is 11.8 Å². The van der Waals surface area contributed by atoms with Gasteiger partial charge >= 0.3 is 17.9 Å². The van der Waals surface area contributed by atoms with Crippen LogP contribution in [0, 0.1) is 0 Å². The van der Waals surface area contributed by atoms with E-state index in [1.807, 2.05) is 0 Å². The van der Waals surface area contributed by atoms with Crippen LogP contribution < -0.4 is 5.73 Å². The predicted octanol–water partition coefficient (Wildman–Crippen LogP) is -0.941. The fourth-order valence-electron chi connectivity index (χ4n) is 0.543. The molecule has 0 aliphatic rings. The molecule has 0 aliphatic heterocycles. The molecule has 1 unspecified atom stereocenters. The summed E-state index contributed by atoms with van der Waals surface area (Å²) in [6.07, 6.45) is 0. The Hall–Kier alpha value is -1.28. The lowest BCUT2D eigenvalue weighted by molar-refractivity contribution is -0.151. The minimum atomic E-state index is -2.08. The molecule has 0 fully saturated rings. The van der Waals surface area contributed by atoms with Crippen molar-refractivity contribution in [2.75, 3.05) is 5.75 Å². The molecule has 0 aromatic rings. The van der Waals surface area contributed by atoms with Crippen LogP contribution in [0.25, 0.3) is 0 Å². The predicted molar refractivity (Wildman–Crippen MR) is 51.7 cm³/mol. The van der Waals surface area contributed by atoms with E-state index in [4.69, 9.17) is 21.1 Å². The molecule has 86 valence electrons. The smallest absolute Gasteiger partial charge is 0.331 e. The maximum absolute atomic E-state index is 10.7. The van der Waals surface area contributed by atoms with Gasteiger partial charge in [0.1, 0.15) is 6.04 Å². The molecule has 0 bridgehead atoms. The Bertz CT molecular complexity index is 277. The number of hydrogen-bond donors (Lipinski definition) is 4. The number of carbonyl (C=O) groups is 3. The first kappa shape index (κ1) is 13.7. The summed E-state index contributed by atoms with van der Waals surface area (Å²) in [5, 5.41) is 25.8. The van der Waals surface area contributed by atoms with E-state index in [-0.39, 0.29) is 5.75 Å².